The quantitative estimate of drug-likeness (QED) is 0.866. The van der Waals surface area contributed by atoms with E-state index in [1.54, 1.807) is 38.6 Å². The standard InChI is InChI=1S/C16H17NO3/c1-11-8-15(19-2)16(20-3)9-12(11)10-17-13-6-4-5-7-14(13)18/h4-10,18H,1-3H3. The molecule has 0 unspecified atom stereocenters. The molecule has 0 aliphatic heterocycles. The van der Waals surface area contributed by atoms with Crippen molar-refractivity contribution in [1.29, 1.82) is 0 Å². The molecule has 0 saturated carbocycles. The zero-order valence-corrected chi connectivity index (χ0v) is 11.8. The van der Waals surface area contributed by atoms with Crippen LogP contribution in [0.5, 0.6) is 17.2 Å². The molecule has 0 atom stereocenters. The number of para-hydroxylation sites is 2. The Morgan fingerprint density at radius 3 is 2.35 bits per heavy atom. The maximum absolute atomic E-state index is 9.68. The van der Waals surface area contributed by atoms with Crippen molar-refractivity contribution in [3.63, 3.8) is 0 Å². The molecular formula is C16H17NO3. The number of benzene rings is 2. The highest BCUT2D eigenvalue weighted by molar-refractivity contribution is 5.85. The number of rotatable bonds is 4. The molecule has 0 spiro atoms. The van der Waals surface area contributed by atoms with Crippen molar-refractivity contribution in [2.75, 3.05) is 14.2 Å². The Balaban J connectivity index is 2.36. The molecule has 0 aliphatic carbocycles. The fraction of sp³-hybridized carbons (Fsp3) is 0.188. The van der Waals surface area contributed by atoms with E-state index in [2.05, 4.69) is 4.99 Å². The van der Waals surface area contributed by atoms with Gasteiger partial charge in [0.25, 0.3) is 0 Å². The molecule has 0 heterocycles. The Morgan fingerprint density at radius 2 is 1.70 bits per heavy atom. The minimum Gasteiger partial charge on any atom is -0.506 e. The maximum Gasteiger partial charge on any atom is 0.161 e. The summed E-state index contributed by atoms with van der Waals surface area (Å²) in [4.78, 5) is 4.30. The van der Waals surface area contributed by atoms with Crippen LogP contribution in [0.1, 0.15) is 11.1 Å². The second-order valence-corrected chi connectivity index (χ2v) is 4.31. The van der Waals surface area contributed by atoms with Crippen LogP contribution in [-0.2, 0) is 0 Å². The van der Waals surface area contributed by atoms with Crippen LogP contribution in [0.25, 0.3) is 0 Å². The van der Waals surface area contributed by atoms with Crippen LogP contribution in [0.3, 0.4) is 0 Å². The predicted molar refractivity (Wildman–Crippen MR) is 79.6 cm³/mol. The van der Waals surface area contributed by atoms with E-state index < -0.39 is 0 Å². The monoisotopic (exact) mass is 271 g/mol. The fourth-order valence-corrected chi connectivity index (χ4v) is 1.85. The van der Waals surface area contributed by atoms with Crippen LogP contribution < -0.4 is 9.47 Å². The smallest absolute Gasteiger partial charge is 0.161 e. The number of methoxy groups -OCH3 is 2. The van der Waals surface area contributed by atoms with Crippen LogP contribution >= 0.6 is 0 Å². The van der Waals surface area contributed by atoms with Crippen molar-refractivity contribution in [2.24, 2.45) is 4.99 Å². The molecule has 2 rings (SSSR count). The van der Waals surface area contributed by atoms with E-state index in [4.69, 9.17) is 9.47 Å². The summed E-state index contributed by atoms with van der Waals surface area (Å²) in [6.07, 6.45) is 1.70. The maximum atomic E-state index is 9.68. The van der Waals surface area contributed by atoms with Gasteiger partial charge in [-0.25, -0.2) is 0 Å². The van der Waals surface area contributed by atoms with Crippen molar-refractivity contribution in [3.8, 4) is 17.2 Å². The van der Waals surface area contributed by atoms with E-state index in [-0.39, 0.29) is 5.75 Å². The molecule has 0 fully saturated rings. The number of phenols is 1. The van der Waals surface area contributed by atoms with Gasteiger partial charge in [-0.2, -0.15) is 0 Å². The van der Waals surface area contributed by atoms with Crippen LogP contribution in [0.15, 0.2) is 41.4 Å². The summed E-state index contributed by atoms with van der Waals surface area (Å²) >= 11 is 0. The normalized spacial score (nSPS) is 10.8. The number of hydrogen-bond donors (Lipinski definition) is 1. The van der Waals surface area contributed by atoms with E-state index in [0.717, 1.165) is 11.1 Å². The number of hydrogen-bond acceptors (Lipinski definition) is 4. The summed E-state index contributed by atoms with van der Waals surface area (Å²) < 4.78 is 10.5. The van der Waals surface area contributed by atoms with Gasteiger partial charge in [0.1, 0.15) is 11.4 Å². The highest BCUT2D eigenvalue weighted by Gasteiger charge is 2.07. The Morgan fingerprint density at radius 1 is 1.05 bits per heavy atom. The summed E-state index contributed by atoms with van der Waals surface area (Å²) in [5, 5.41) is 9.68. The third-order valence-electron chi connectivity index (χ3n) is 3.00. The van der Waals surface area contributed by atoms with Crippen molar-refractivity contribution in [2.45, 2.75) is 6.92 Å². The lowest BCUT2D eigenvalue weighted by Crippen LogP contribution is -1.95. The van der Waals surface area contributed by atoms with Crippen LogP contribution in [0.4, 0.5) is 5.69 Å². The first-order valence-corrected chi connectivity index (χ1v) is 6.20. The van der Waals surface area contributed by atoms with E-state index in [1.807, 2.05) is 25.1 Å². The van der Waals surface area contributed by atoms with Gasteiger partial charge in [-0.1, -0.05) is 12.1 Å². The molecular weight excluding hydrogens is 254 g/mol. The molecule has 4 heteroatoms. The minimum atomic E-state index is 0.155. The lowest BCUT2D eigenvalue weighted by Gasteiger charge is -2.10. The third kappa shape index (κ3) is 2.91. The Labute approximate surface area is 118 Å². The topological polar surface area (TPSA) is 51.0 Å². The van der Waals surface area contributed by atoms with Crippen LogP contribution in [-0.4, -0.2) is 25.5 Å². The lowest BCUT2D eigenvalue weighted by atomic mass is 10.1. The zero-order valence-electron chi connectivity index (χ0n) is 11.8. The highest BCUT2D eigenvalue weighted by atomic mass is 16.5. The van der Waals surface area contributed by atoms with Gasteiger partial charge in [0.05, 0.1) is 14.2 Å². The van der Waals surface area contributed by atoms with Gasteiger partial charge in [-0.15, -0.1) is 0 Å². The van der Waals surface area contributed by atoms with E-state index in [0.29, 0.717) is 17.2 Å². The minimum absolute atomic E-state index is 0.155. The van der Waals surface area contributed by atoms with Gasteiger partial charge in [0.2, 0.25) is 0 Å². The molecule has 2 aromatic rings. The first-order valence-electron chi connectivity index (χ1n) is 6.20. The molecule has 104 valence electrons. The number of phenolic OH excluding ortho intramolecular Hbond substituents is 1. The molecule has 0 bridgehead atoms. The van der Waals surface area contributed by atoms with Crippen molar-refractivity contribution < 1.29 is 14.6 Å². The van der Waals surface area contributed by atoms with Crippen molar-refractivity contribution in [1.82, 2.24) is 0 Å². The zero-order chi connectivity index (χ0) is 14.5. The van der Waals surface area contributed by atoms with E-state index >= 15 is 0 Å². The Kier molecular flexibility index (Phi) is 4.25. The molecule has 4 nitrogen and oxygen atoms in total. The molecule has 0 saturated heterocycles. The Bertz CT molecular complexity index is 636. The SMILES string of the molecule is COc1cc(C)c(C=Nc2ccccc2O)cc1OC. The first-order chi connectivity index (χ1) is 9.65. The number of ether oxygens (including phenoxy) is 2. The molecule has 2 aromatic carbocycles. The summed E-state index contributed by atoms with van der Waals surface area (Å²) in [6, 6.07) is 10.7. The van der Waals surface area contributed by atoms with Gasteiger partial charge in [0, 0.05) is 6.21 Å². The molecule has 0 aliphatic rings. The molecule has 20 heavy (non-hydrogen) atoms. The second-order valence-electron chi connectivity index (χ2n) is 4.31. The summed E-state index contributed by atoms with van der Waals surface area (Å²) in [7, 11) is 3.20. The summed E-state index contributed by atoms with van der Waals surface area (Å²) in [5.41, 5.74) is 2.45. The number of aliphatic imine (C=N–C) groups is 1. The van der Waals surface area contributed by atoms with Crippen LogP contribution in [0, 0.1) is 6.92 Å². The molecule has 0 amide bonds. The van der Waals surface area contributed by atoms with E-state index in [1.165, 1.54) is 0 Å². The van der Waals surface area contributed by atoms with E-state index in [9.17, 15) is 5.11 Å². The largest absolute Gasteiger partial charge is 0.506 e. The lowest BCUT2D eigenvalue weighted by molar-refractivity contribution is 0.354. The van der Waals surface area contributed by atoms with Gasteiger partial charge in [-0.05, 0) is 42.3 Å². The number of nitrogens with zero attached hydrogens (tertiary/aromatic N) is 1. The molecule has 0 aromatic heterocycles. The van der Waals surface area contributed by atoms with Crippen LogP contribution in [0.2, 0.25) is 0 Å². The summed E-state index contributed by atoms with van der Waals surface area (Å²) in [5.74, 6) is 1.49. The third-order valence-corrected chi connectivity index (χ3v) is 3.00. The molecule has 0 radical (unpaired) electrons. The fourth-order valence-electron chi connectivity index (χ4n) is 1.85. The van der Waals surface area contributed by atoms with Gasteiger partial charge in [0.15, 0.2) is 11.5 Å². The summed E-state index contributed by atoms with van der Waals surface area (Å²) in [6.45, 7) is 1.97. The first kappa shape index (κ1) is 13.9. The van der Waals surface area contributed by atoms with Gasteiger partial charge < -0.3 is 14.6 Å². The van der Waals surface area contributed by atoms with Gasteiger partial charge in [-0.3, -0.25) is 4.99 Å². The predicted octanol–water partition coefficient (Wildman–Crippen LogP) is 3.47. The number of aromatic hydroxyl groups is 1. The average Bonchev–Trinajstić information content (AvgIpc) is 2.47. The highest BCUT2D eigenvalue weighted by Crippen LogP contribution is 2.30. The molecule has 1 N–H and O–H groups in total. The Hall–Kier alpha value is -2.49. The van der Waals surface area contributed by atoms with Gasteiger partial charge >= 0.3 is 0 Å². The average molecular weight is 271 g/mol. The van der Waals surface area contributed by atoms with Crippen molar-refractivity contribution >= 4 is 11.9 Å². The number of aryl methyl sites for hydroxylation is 1. The van der Waals surface area contributed by atoms with Crippen molar-refractivity contribution in [3.05, 3.63) is 47.5 Å². The second kappa shape index (κ2) is 6.10.